The van der Waals surface area contributed by atoms with Gasteiger partial charge in [-0.15, -0.1) is 0 Å². The fourth-order valence-electron chi connectivity index (χ4n) is 9.57. The van der Waals surface area contributed by atoms with Gasteiger partial charge in [0.2, 0.25) is 0 Å². The van der Waals surface area contributed by atoms with Crippen LogP contribution in [0, 0.1) is 0 Å². The molecule has 0 fully saturated rings. The predicted molar refractivity (Wildman–Crippen MR) is 191 cm³/mol. The van der Waals surface area contributed by atoms with Crippen LogP contribution < -0.4 is 0 Å². The Morgan fingerprint density at radius 1 is 0.422 bits per heavy atom. The summed E-state index contributed by atoms with van der Waals surface area (Å²) in [4.78, 5) is 0. The third kappa shape index (κ3) is 2.37. The molecule has 4 aromatic heterocycles. The molecule has 0 atom stereocenters. The Morgan fingerprint density at radius 2 is 1.16 bits per heavy atom. The predicted octanol–water partition coefficient (Wildman–Crippen LogP) is 11.4. The van der Waals surface area contributed by atoms with Gasteiger partial charge in [-0.05, 0) is 63.4 Å². The number of hydrogen-bond acceptors (Lipinski definition) is 0. The molecule has 4 heterocycles. The Labute approximate surface area is 258 Å². The number of hydrogen-bond donors (Lipinski definition) is 0. The standard InChI is InChI=1S/C43H26N2/c1-43(2)33-16-7-5-12-25(33)27-18-19-35-39(40(27)43)29-15-9-14-28-30-21-32-37(22-36(30)45(35)41(28)29)44-34-17-8-6-13-26(34)31-20-23-10-3-4-11-24(23)38(32)42(31)44/h3-22H,1-2H3. The normalized spacial score (nSPS) is 14.6. The highest BCUT2D eigenvalue weighted by molar-refractivity contribution is 6.34. The topological polar surface area (TPSA) is 8.82 Å². The van der Waals surface area contributed by atoms with E-state index in [1.54, 1.807) is 0 Å². The molecule has 208 valence electrons. The van der Waals surface area contributed by atoms with Gasteiger partial charge in [0.15, 0.2) is 0 Å². The van der Waals surface area contributed by atoms with Crippen molar-refractivity contribution in [2.24, 2.45) is 0 Å². The summed E-state index contributed by atoms with van der Waals surface area (Å²) >= 11 is 0. The third-order valence-electron chi connectivity index (χ3n) is 11.3. The summed E-state index contributed by atoms with van der Waals surface area (Å²) in [7, 11) is 0. The first-order valence-corrected chi connectivity index (χ1v) is 16.0. The van der Waals surface area contributed by atoms with Gasteiger partial charge in [-0.25, -0.2) is 0 Å². The molecule has 0 bridgehead atoms. The molecule has 12 rings (SSSR count). The van der Waals surface area contributed by atoms with Gasteiger partial charge in [0.25, 0.3) is 0 Å². The minimum absolute atomic E-state index is 0.0706. The van der Waals surface area contributed by atoms with Crippen LogP contribution >= 0.6 is 0 Å². The van der Waals surface area contributed by atoms with Crippen molar-refractivity contribution in [3.05, 3.63) is 132 Å². The van der Waals surface area contributed by atoms with Crippen LogP contribution in [0.5, 0.6) is 0 Å². The number of aromatic nitrogens is 2. The highest BCUT2D eigenvalue weighted by Gasteiger charge is 2.38. The number of rotatable bonds is 0. The van der Waals surface area contributed by atoms with Gasteiger partial charge in [-0.2, -0.15) is 0 Å². The first-order valence-electron chi connectivity index (χ1n) is 16.0. The summed E-state index contributed by atoms with van der Waals surface area (Å²) in [6.45, 7) is 4.81. The van der Waals surface area contributed by atoms with Crippen LogP contribution in [0.2, 0.25) is 0 Å². The van der Waals surface area contributed by atoms with Crippen molar-refractivity contribution in [1.29, 1.82) is 0 Å². The zero-order chi connectivity index (χ0) is 29.3. The maximum Gasteiger partial charge on any atom is 0.0626 e. The van der Waals surface area contributed by atoms with Crippen LogP contribution in [0.3, 0.4) is 0 Å². The molecule has 11 aromatic rings. The fourth-order valence-corrected chi connectivity index (χ4v) is 9.57. The summed E-state index contributed by atoms with van der Waals surface area (Å²) in [6, 6.07) is 45.9. The van der Waals surface area contributed by atoms with Crippen LogP contribution in [-0.4, -0.2) is 8.80 Å². The molecule has 0 saturated heterocycles. The Balaban J connectivity index is 1.33. The summed E-state index contributed by atoms with van der Waals surface area (Å²) < 4.78 is 5.10. The minimum Gasteiger partial charge on any atom is -0.308 e. The highest BCUT2D eigenvalue weighted by Crippen LogP contribution is 2.54. The van der Waals surface area contributed by atoms with E-state index in [4.69, 9.17) is 0 Å². The summed E-state index contributed by atoms with van der Waals surface area (Å²) in [6.07, 6.45) is 0. The third-order valence-corrected chi connectivity index (χ3v) is 11.3. The van der Waals surface area contributed by atoms with E-state index in [2.05, 4.69) is 144 Å². The van der Waals surface area contributed by atoms with Crippen LogP contribution in [0.25, 0.3) is 98.1 Å². The molecular weight excluding hydrogens is 544 g/mol. The van der Waals surface area contributed by atoms with Gasteiger partial charge >= 0.3 is 0 Å². The van der Waals surface area contributed by atoms with E-state index >= 15 is 0 Å². The van der Waals surface area contributed by atoms with E-state index in [9.17, 15) is 0 Å². The molecule has 7 aromatic carbocycles. The molecule has 0 radical (unpaired) electrons. The van der Waals surface area contributed by atoms with Crippen LogP contribution in [0.15, 0.2) is 121 Å². The van der Waals surface area contributed by atoms with Gasteiger partial charge in [0.1, 0.15) is 0 Å². The number of benzene rings is 7. The average Bonchev–Trinajstić information content (AvgIpc) is 3.83. The van der Waals surface area contributed by atoms with Crippen molar-refractivity contribution < 1.29 is 0 Å². The Kier molecular flexibility index (Phi) is 3.66. The molecule has 2 heteroatoms. The molecule has 0 amide bonds. The quantitative estimate of drug-likeness (QED) is 0.171. The van der Waals surface area contributed by atoms with Gasteiger partial charge in [0.05, 0.1) is 33.1 Å². The van der Waals surface area contributed by atoms with E-state index in [0.717, 1.165) is 0 Å². The second-order valence-corrected chi connectivity index (χ2v) is 13.7. The summed E-state index contributed by atoms with van der Waals surface area (Å²) in [5, 5.41) is 13.4. The number of nitrogens with zero attached hydrogens (tertiary/aromatic N) is 2. The Morgan fingerprint density at radius 3 is 2.09 bits per heavy atom. The van der Waals surface area contributed by atoms with Crippen molar-refractivity contribution >= 4 is 87.0 Å². The fraction of sp³-hybridized carbons (Fsp3) is 0.0698. The van der Waals surface area contributed by atoms with E-state index in [-0.39, 0.29) is 5.41 Å². The van der Waals surface area contributed by atoms with E-state index < -0.39 is 0 Å². The molecule has 2 nitrogen and oxygen atoms in total. The van der Waals surface area contributed by atoms with Crippen molar-refractivity contribution in [3.63, 3.8) is 0 Å². The first-order chi connectivity index (χ1) is 22.1. The van der Waals surface area contributed by atoms with Crippen molar-refractivity contribution in [1.82, 2.24) is 8.80 Å². The maximum atomic E-state index is 2.57. The van der Waals surface area contributed by atoms with E-state index in [1.807, 2.05) is 0 Å². The summed E-state index contributed by atoms with van der Waals surface area (Å²) in [5.74, 6) is 0. The lowest BCUT2D eigenvalue weighted by molar-refractivity contribution is 0.666. The van der Waals surface area contributed by atoms with Gasteiger partial charge in [-0.3, -0.25) is 0 Å². The zero-order valence-corrected chi connectivity index (χ0v) is 24.9. The molecule has 1 aliphatic rings. The Bertz CT molecular complexity index is 3110. The van der Waals surface area contributed by atoms with Gasteiger partial charge in [-0.1, -0.05) is 105 Å². The molecule has 0 saturated carbocycles. The lowest BCUT2D eigenvalue weighted by Crippen LogP contribution is -2.15. The highest BCUT2D eigenvalue weighted by atomic mass is 14.9. The first kappa shape index (κ1) is 22.9. The number of fused-ring (bicyclic) bond motifs is 18. The largest absolute Gasteiger partial charge is 0.308 e. The average molecular weight is 571 g/mol. The smallest absolute Gasteiger partial charge is 0.0626 e. The van der Waals surface area contributed by atoms with Crippen LogP contribution in [0.1, 0.15) is 25.0 Å². The summed E-state index contributed by atoms with van der Waals surface area (Å²) in [5.41, 5.74) is 13.4. The molecule has 1 aliphatic carbocycles. The molecule has 0 aliphatic heterocycles. The van der Waals surface area contributed by atoms with Crippen LogP contribution in [-0.2, 0) is 5.41 Å². The molecule has 0 unspecified atom stereocenters. The lowest BCUT2D eigenvalue weighted by Gasteiger charge is -2.22. The molecular formula is C43H26N2. The maximum absolute atomic E-state index is 2.57. The second kappa shape index (κ2) is 7.20. The van der Waals surface area contributed by atoms with E-state index in [1.165, 1.54) is 109 Å². The lowest BCUT2D eigenvalue weighted by atomic mass is 9.80. The monoisotopic (exact) mass is 570 g/mol. The van der Waals surface area contributed by atoms with Gasteiger partial charge < -0.3 is 8.80 Å². The van der Waals surface area contributed by atoms with Crippen LogP contribution in [0.4, 0.5) is 0 Å². The van der Waals surface area contributed by atoms with Crippen molar-refractivity contribution in [2.75, 3.05) is 0 Å². The second-order valence-electron chi connectivity index (χ2n) is 13.7. The Hall–Kier alpha value is -5.60. The SMILES string of the molecule is CC1(C)c2ccccc2-c2ccc3c(c21)c1cccc2c4cc5c6c7ccccc7cc7c8ccccc8n(c5cc4n3c21)c76. The van der Waals surface area contributed by atoms with Crippen molar-refractivity contribution in [3.8, 4) is 11.1 Å². The number of para-hydroxylation sites is 2. The van der Waals surface area contributed by atoms with E-state index in [0.29, 0.717) is 0 Å². The zero-order valence-electron chi connectivity index (χ0n) is 24.9. The van der Waals surface area contributed by atoms with Gasteiger partial charge in [0, 0.05) is 48.5 Å². The van der Waals surface area contributed by atoms with Crippen molar-refractivity contribution in [2.45, 2.75) is 19.3 Å². The minimum atomic E-state index is -0.0706. The molecule has 45 heavy (non-hydrogen) atoms. The molecule has 0 N–H and O–H groups in total. The molecule has 0 spiro atoms.